The molecular weight excluding hydrogens is 448 g/mol. The Morgan fingerprint density at radius 3 is 2.12 bits per heavy atom. The smallest absolute Gasteiger partial charge is 0.242 e. The minimum Gasteiger partial charge on any atom is -0.497 e. The molecule has 0 fully saturated rings. The summed E-state index contributed by atoms with van der Waals surface area (Å²) in [5.74, 6) is 0.412. The molecule has 0 spiro atoms. The minimum absolute atomic E-state index is 0.0254. The maximum Gasteiger partial charge on any atom is 0.242 e. The average molecular weight is 475 g/mol. The number of aromatic nitrogens is 1. The third kappa shape index (κ3) is 6.11. The summed E-state index contributed by atoms with van der Waals surface area (Å²) in [5, 5.41) is 5.84. The van der Waals surface area contributed by atoms with Crippen molar-refractivity contribution in [3.63, 3.8) is 0 Å². The Kier molecular flexibility index (Phi) is 7.72. The molecule has 0 aliphatic carbocycles. The van der Waals surface area contributed by atoms with E-state index in [-0.39, 0.29) is 24.9 Å². The molecule has 0 bridgehead atoms. The third-order valence-electron chi connectivity index (χ3n) is 5.21. The number of nitrogens with zero attached hydrogens (tertiary/aromatic N) is 2. The molecule has 174 valence electrons. The van der Waals surface area contributed by atoms with Crippen LogP contribution < -0.4 is 20.2 Å². The monoisotopic (exact) mass is 474 g/mol. The van der Waals surface area contributed by atoms with Crippen LogP contribution in [0.5, 0.6) is 5.75 Å². The summed E-state index contributed by atoms with van der Waals surface area (Å²) in [6, 6.07) is 25.1. The van der Waals surface area contributed by atoms with Gasteiger partial charge in [0.15, 0.2) is 4.80 Å². The maximum atomic E-state index is 12.7. The van der Waals surface area contributed by atoms with Crippen molar-refractivity contribution in [2.75, 3.05) is 13.7 Å². The highest BCUT2D eigenvalue weighted by Crippen LogP contribution is 2.23. The number of thiazole rings is 1. The molecule has 34 heavy (non-hydrogen) atoms. The molecule has 2 N–H and O–H groups in total. The van der Waals surface area contributed by atoms with Gasteiger partial charge in [-0.3, -0.25) is 9.59 Å². The van der Waals surface area contributed by atoms with E-state index in [1.165, 1.54) is 11.3 Å². The van der Waals surface area contributed by atoms with Crippen LogP contribution in [-0.4, -0.2) is 30.0 Å². The van der Waals surface area contributed by atoms with Crippen molar-refractivity contribution in [2.45, 2.75) is 19.6 Å². The van der Waals surface area contributed by atoms with Crippen molar-refractivity contribution in [2.24, 2.45) is 4.99 Å². The number of rotatable bonds is 9. The molecule has 0 unspecified atom stereocenters. The van der Waals surface area contributed by atoms with Crippen LogP contribution in [0.1, 0.15) is 11.1 Å². The van der Waals surface area contributed by atoms with E-state index < -0.39 is 0 Å². The number of carbonyl (C=O) groups excluding carboxylic acids is 2. The molecule has 0 aliphatic rings. The van der Waals surface area contributed by atoms with Gasteiger partial charge in [0.05, 0.1) is 17.3 Å². The highest BCUT2D eigenvalue weighted by atomic mass is 32.1. The van der Waals surface area contributed by atoms with Gasteiger partial charge in [-0.25, -0.2) is 4.99 Å². The van der Waals surface area contributed by atoms with E-state index in [2.05, 4.69) is 15.6 Å². The second-order valence-electron chi connectivity index (χ2n) is 7.65. The van der Waals surface area contributed by atoms with Gasteiger partial charge in [0.1, 0.15) is 18.8 Å². The normalized spacial score (nSPS) is 11.4. The van der Waals surface area contributed by atoms with Crippen LogP contribution in [0.2, 0.25) is 0 Å². The van der Waals surface area contributed by atoms with Crippen molar-refractivity contribution in [3.8, 4) is 5.75 Å². The van der Waals surface area contributed by atoms with Crippen molar-refractivity contribution in [1.82, 2.24) is 15.2 Å². The fourth-order valence-electron chi connectivity index (χ4n) is 3.44. The lowest BCUT2D eigenvalue weighted by molar-refractivity contribution is -0.122. The van der Waals surface area contributed by atoms with E-state index >= 15 is 0 Å². The minimum atomic E-state index is -0.182. The summed E-state index contributed by atoms with van der Waals surface area (Å²) in [5.41, 5.74) is 2.92. The molecule has 0 aliphatic heterocycles. The van der Waals surface area contributed by atoms with Gasteiger partial charge >= 0.3 is 0 Å². The Bertz CT molecular complexity index is 1330. The topological polar surface area (TPSA) is 84.7 Å². The first kappa shape index (κ1) is 23.3. The molecule has 1 heterocycles. The second kappa shape index (κ2) is 11.3. The number of nitrogens with one attached hydrogen (secondary N) is 2. The van der Waals surface area contributed by atoms with Gasteiger partial charge in [0.2, 0.25) is 11.8 Å². The fraction of sp³-hybridized carbons (Fsp3) is 0.192. The van der Waals surface area contributed by atoms with Gasteiger partial charge in [-0.05, 0) is 29.3 Å². The van der Waals surface area contributed by atoms with Crippen LogP contribution in [0.3, 0.4) is 0 Å². The number of amides is 2. The zero-order valence-electron chi connectivity index (χ0n) is 18.9. The third-order valence-corrected chi connectivity index (χ3v) is 6.29. The van der Waals surface area contributed by atoms with E-state index in [4.69, 9.17) is 4.74 Å². The maximum absolute atomic E-state index is 12.7. The molecule has 1 aromatic heterocycles. The first-order valence-corrected chi connectivity index (χ1v) is 11.7. The van der Waals surface area contributed by atoms with Gasteiger partial charge in [0, 0.05) is 13.1 Å². The van der Waals surface area contributed by atoms with Gasteiger partial charge in [-0.2, -0.15) is 0 Å². The van der Waals surface area contributed by atoms with Crippen molar-refractivity contribution < 1.29 is 14.3 Å². The summed E-state index contributed by atoms with van der Waals surface area (Å²) in [6.07, 6.45) is 0. The van der Waals surface area contributed by atoms with Crippen LogP contribution in [0.4, 0.5) is 0 Å². The molecule has 4 aromatic rings. The van der Waals surface area contributed by atoms with Gasteiger partial charge in [-0.15, -0.1) is 0 Å². The Labute approximate surface area is 201 Å². The molecule has 0 saturated carbocycles. The van der Waals surface area contributed by atoms with E-state index in [1.54, 1.807) is 7.11 Å². The van der Waals surface area contributed by atoms with Crippen molar-refractivity contribution in [1.29, 1.82) is 0 Å². The summed E-state index contributed by atoms with van der Waals surface area (Å²) in [6.45, 7) is 0.969. The highest BCUT2D eigenvalue weighted by Gasteiger charge is 2.12. The van der Waals surface area contributed by atoms with Crippen LogP contribution in [-0.2, 0) is 29.2 Å². The molecule has 0 atom stereocenters. The number of ether oxygens (including phenoxy) is 1. The quantitative estimate of drug-likeness (QED) is 0.391. The average Bonchev–Trinajstić information content (AvgIpc) is 3.22. The largest absolute Gasteiger partial charge is 0.497 e. The van der Waals surface area contributed by atoms with Crippen LogP contribution in [0.15, 0.2) is 83.9 Å². The highest BCUT2D eigenvalue weighted by molar-refractivity contribution is 7.16. The van der Waals surface area contributed by atoms with E-state index in [0.29, 0.717) is 17.9 Å². The first-order valence-electron chi connectivity index (χ1n) is 10.9. The zero-order chi connectivity index (χ0) is 23.8. The number of hydrogen-bond acceptors (Lipinski definition) is 5. The fourth-order valence-corrected chi connectivity index (χ4v) is 4.50. The molecule has 2 amide bonds. The summed E-state index contributed by atoms with van der Waals surface area (Å²) in [7, 11) is 1.61. The Morgan fingerprint density at radius 2 is 1.50 bits per heavy atom. The van der Waals surface area contributed by atoms with Crippen molar-refractivity contribution in [3.05, 3.63) is 94.8 Å². The lowest BCUT2D eigenvalue weighted by Crippen LogP contribution is -2.31. The molecule has 0 saturated heterocycles. The van der Waals surface area contributed by atoms with Crippen LogP contribution in [0, 0.1) is 0 Å². The lowest BCUT2D eigenvalue weighted by Gasteiger charge is -2.08. The predicted octanol–water partition coefficient (Wildman–Crippen LogP) is 3.24. The van der Waals surface area contributed by atoms with Crippen molar-refractivity contribution >= 4 is 33.4 Å². The van der Waals surface area contributed by atoms with Gasteiger partial charge in [0.25, 0.3) is 0 Å². The second-order valence-corrected chi connectivity index (χ2v) is 8.65. The van der Waals surface area contributed by atoms with Gasteiger partial charge in [-0.1, -0.05) is 72.0 Å². The summed E-state index contributed by atoms with van der Waals surface area (Å²) in [4.78, 5) is 30.3. The summed E-state index contributed by atoms with van der Waals surface area (Å²) < 4.78 is 8.10. The van der Waals surface area contributed by atoms with Crippen LogP contribution >= 0.6 is 11.3 Å². The molecular formula is C26H26N4O3S. The Balaban J connectivity index is 1.50. The summed E-state index contributed by atoms with van der Waals surface area (Å²) >= 11 is 1.42. The van der Waals surface area contributed by atoms with E-state index in [1.807, 2.05) is 83.4 Å². The predicted molar refractivity (Wildman–Crippen MR) is 133 cm³/mol. The first-order chi connectivity index (χ1) is 16.6. The molecule has 3 aromatic carbocycles. The Hall–Kier alpha value is -3.91. The molecule has 7 nitrogen and oxygen atoms in total. The number of carbonyl (C=O) groups is 2. The molecule has 4 rings (SSSR count). The number of fused-ring (bicyclic) bond motifs is 1. The number of hydrogen-bond donors (Lipinski definition) is 2. The zero-order valence-corrected chi connectivity index (χ0v) is 19.7. The Morgan fingerprint density at radius 1 is 0.882 bits per heavy atom. The number of benzene rings is 3. The standard InChI is InChI=1S/C26H26N4O3S/c1-33-21-12-13-22-23(14-21)34-26(29-17-24(31)27-15-19-8-4-2-5-9-19)30(22)18-25(32)28-16-20-10-6-3-7-11-20/h2-14H,15-18H2,1H3,(H,27,31)(H,28,32). The SMILES string of the molecule is COc1ccc2c(c1)sc(=NCC(=O)NCc1ccccc1)n2CC(=O)NCc1ccccc1. The van der Waals surface area contributed by atoms with E-state index in [9.17, 15) is 9.59 Å². The molecule has 0 radical (unpaired) electrons. The number of methoxy groups -OCH3 is 1. The van der Waals surface area contributed by atoms with E-state index in [0.717, 1.165) is 27.1 Å². The lowest BCUT2D eigenvalue weighted by atomic mass is 10.2. The molecule has 8 heteroatoms. The van der Waals surface area contributed by atoms with Gasteiger partial charge < -0.3 is 19.9 Å². The van der Waals surface area contributed by atoms with Crippen LogP contribution in [0.25, 0.3) is 10.2 Å².